The van der Waals surface area contributed by atoms with E-state index in [2.05, 4.69) is 19.9 Å². The van der Waals surface area contributed by atoms with Crippen molar-refractivity contribution in [1.29, 1.82) is 5.26 Å². The maximum absolute atomic E-state index is 10.7. The quantitative estimate of drug-likeness (QED) is 0.615. The van der Waals surface area contributed by atoms with Crippen molar-refractivity contribution < 1.29 is 9.53 Å². The SMILES string of the molecule is CCC(CC)(CCC#N)COC(C)=O. The largest absolute Gasteiger partial charge is 0.465 e. The fraction of sp³-hybridized carbons (Fsp3) is 0.818. The monoisotopic (exact) mass is 197 g/mol. The Morgan fingerprint density at radius 1 is 1.43 bits per heavy atom. The van der Waals surface area contributed by atoms with Gasteiger partial charge >= 0.3 is 5.97 Å². The fourth-order valence-corrected chi connectivity index (χ4v) is 1.46. The summed E-state index contributed by atoms with van der Waals surface area (Å²) >= 11 is 0. The molecule has 0 saturated heterocycles. The van der Waals surface area contributed by atoms with Crippen LogP contribution in [-0.4, -0.2) is 12.6 Å². The predicted octanol–water partition coefficient (Wildman–Crippen LogP) is 2.66. The maximum Gasteiger partial charge on any atom is 0.302 e. The third kappa shape index (κ3) is 4.27. The summed E-state index contributed by atoms with van der Waals surface area (Å²) in [7, 11) is 0. The third-order valence-electron chi connectivity index (χ3n) is 2.85. The predicted molar refractivity (Wildman–Crippen MR) is 54.5 cm³/mol. The van der Waals surface area contributed by atoms with Crippen molar-refractivity contribution in [3.8, 4) is 6.07 Å². The zero-order chi connectivity index (χ0) is 11.0. The van der Waals surface area contributed by atoms with Crippen LogP contribution in [-0.2, 0) is 9.53 Å². The van der Waals surface area contributed by atoms with E-state index in [1.54, 1.807) is 0 Å². The number of nitrogens with zero attached hydrogens (tertiary/aromatic N) is 1. The molecule has 3 nitrogen and oxygen atoms in total. The molecule has 0 bridgehead atoms. The molecular weight excluding hydrogens is 178 g/mol. The van der Waals surface area contributed by atoms with Gasteiger partial charge in [0.25, 0.3) is 0 Å². The first-order chi connectivity index (χ1) is 6.60. The van der Waals surface area contributed by atoms with Crippen LogP contribution in [0.15, 0.2) is 0 Å². The average molecular weight is 197 g/mol. The van der Waals surface area contributed by atoms with Crippen LogP contribution in [0.5, 0.6) is 0 Å². The smallest absolute Gasteiger partial charge is 0.302 e. The summed E-state index contributed by atoms with van der Waals surface area (Å²) in [4.78, 5) is 10.7. The van der Waals surface area contributed by atoms with Gasteiger partial charge in [-0.05, 0) is 19.3 Å². The standard InChI is InChI=1S/C11H19NO2/c1-4-11(5-2,7-6-8-12)9-14-10(3)13/h4-7,9H2,1-3H3. The zero-order valence-electron chi connectivity index (χ0n) is 9.30. The molecule has 0 atom stereocenters. The van der Waals surface area contributed by atoms with Crippen molar-refractivity contribution in [1.82, 2.24) is 0 Å². The van der Waals surface area contributed by atoms with E-state index in [0.717, 1.165) is 19.3 Å². The van der Waals surface area contributed by atoms with Crippen LogP contribution in [0, 0.1) is 16.7 Å². The number of carbonyl (C=O) groups is 1. The lowest BCUT2D eigenvalue weighted by molar-refractivity contribution is -0.145. The maximum atomic E-state index is 10.7. The van der Waals surface area contributed by atoms with Crippen LogP contribution in [0.3, 0.4) is 0 Å². The summed E-state index contributed by atoms with van der Waals surface area (Å²) in [5.74, 6) is -0.242. The van der Waals surface area contributed by atoms with Crippen LogP contribution in [0.25, 0.3) is 0 Å². The number of nitriles is 1. The Labute approximate surface area is 86.1 Å². The summed E-state index contributed by atoms with van der Waals surface area (Å²) in [6.45, 7) is 6.01. The fourth-order valence-electron chi connectivity index (χ4n) is 1.46. The first-order valence-corrected chi connectivity index (χ1v) is 5.10. The number of rotatable bonds is 6. The summed E-state index contributed by atoms with van der Waals surface area (Å²) < 4.78 is 5.04. The topological polar surface area (TPSA) is 50.1 Å². The molecule has 0 heterocycles. The lowest BCUT2D eigenvalue weighted by Crippen LogP contribution is -2.26. The molecule has 0 radical (unpaired) electrons. The van der Waals surface area contributed by atoms with Crippen molar-refractivity contribution in [2.45, 2.75) is 46.5 Å². The Kier molecular flexibility index (Phi) is 5.94. The lowest BCUT2D eigenvalue weighted by Gasteiger charge is -2.29. The van der Waals surface area contributed by atoms with Gasteiger partial charge in [-0.1, -0.05) is 13.8 Å². The van der Waals surface area contributed by atoms with Gasteiger partial charge in [0, 0.05) is 18.8 Å². The molecule has 0 aromatic heterocycles. The van der Waals surface area contributed by atoms with Crippen LogP contribution < -0.4 is 0 Å². The molecule has 0 aliphatic carbocycles. The van der Waals surface area contributed by atoms with Gasteiger partial charge in [-0.15, -0.1) is 0 Å². The minimum absolute atomic E-state index is 0.00139. The Hall–Kier alpha value is -1.04. The molecule has 0 spiro atoms. The highest BCUT2D eigenvalue weighted by molar-refractivity contribution is 5.65. The van der Waals surface area contributed by atoms with Crippen LogP contribution in [0.4, 0.5) is 0 Å². The van der Waals surface area contributed by atoms with Crippen molar-refractivity contribution in [3.05, 3.63) is 0 Å². The molecule has 0 amide bonds. The van der Waals surface area contributed by atoms with Gasteiger partial charge < -0.3 is 4.74 Å². The van der Waals surface area contributed by atoms with Crippen molar-refractivity contribution >= 4 is 5.97 Å². The minimum Gasteiger partial charge on any atom is -0.465 e. The van der Waals surface area contributed by atoms with Gasteiger partial charge in [0.05, 0.1) is 12.7 Å². The molecule has 0 rings (SSSR count). The van der Waals surface area contributed by atoms with Crippen LogP contribution >= 0.6 is 0 Å². The molecule has 0 aromatic rings. The Morgan fingerprint density at radius 2 is 2.00 bits per heavy atom. The average Bonchev–Trinajstić information content (AvgIpc) is 2.19. The van der Waals surface area contributed by atoms with E-state index in [1.165, 1.54) is 6.92 Å². The molecule has 0 aromatic carbocycles. The third-order valence-corrected chi connectivity index (χ3v) is 2.85. The Balaban J connectivity index is 4.22. The number of hydrogen-bond acceptors (Lipinski definition) is 3. The molecule has 0 fully saturated rings. The zero-order valence-corrected chi connectivity index (χ0v) is 9.30. The molecule has 0 N–H and O–H groups in total. The van der Waals surface area contributed by atoms with E-state index < -0.39 is 0 Å². The van der Waals surface area contributed by atoms with E-state index in [-0.39, 0.29) is 11.4 Å². The molecular formula is C11H19NO2. The van der Waals surface area contributed by atoms with E-state index in [9.17, 15) is 4.79 Å². The second-order valence-corrected chi connectivity index (χ2v) is 3.65. The molecule has 80 valence electrons. The summed E-state index contributed by atoms with van der Waals surface area (Å²) in [5, 5.41) is 8.54. The summed E-state index contributed by atoms with van der Waals surface area (Å²) in [6, 6.07) is 2.14. The Bertz CT molecular complexity index is 214. The summed E-state index contributed by atoms with van der Waals surface area (Å²) in [6.07, 6.45) is 3.23. The number of hydrogen-bond donors (Lipinski definition) is 0. The van der Waals surface area contributed by atoms with E-state index in [0.29, 0.717) is 13.0 Å². The molecule has 3 heteroatoms. The van der Waals surface area contributed by atoms with E-state index in [4.69, 9.17) is 10.00 Å². The molecule has 0 aliphatic heterocycles. The van der Waals surface area contributed by atoms with Gasteiger partial charge in [-0.2, -0.15) is 5.26 Å². The second-order valence-electron chi connectivity index (χ2n) is 3.65. The first-order valence-electron chi connectivity index (χ1n) is 5.10. The molecule has 0 aliphatic rings. The first kappa shape index (κ1) is 13.0. The number of esters is 1. The molecule has 0 unspecified atom stereocenters. The van der Waals surface area contributed by atoms with Gasteiger partial charge in [0.1, 0.15) is 0 Å². The van der Waals surface area contributed by atoms with Gasteiger partial charge in [-0.3, -0.25) is 4.79 Å². The number of carbonyl (C=O) groups excluding carboxylic acids is 1. The van der Waals surface area contributed by atoms with Gasteiger partial charge in [0.2, 0.25) is 0 Å². The Morgan fingerprint density at radius 3 is 2.36 bits per heavy atom. The van der Waals surface area contributed by atoms with Crippen LogP contribution in [0.1, 0.15) is 46.5 Å². The van der Waals surface area contributed by atoms with Gasteiger partial charge in [-0.25, -0.2) is 0 Å². The lowest BCUT2D eigenvalue weighted by atomic mass is 9.79. The highest BCUT2D eigenvalue weighted by Crippen LogP contribution is 2.32. The molecule has 14 heavy (non-hydrogen) atoms. The second kappa shape index (κ2) is 6.42. The van der Waals surface area contributed by atoms with Crippen molar-refractivity contribution in [2.24, 2.45) is 5.41 Å². The summed E-state index contributed by atoms with van der Waals surface area (Å²) in [5.41, 5.74) is 0.00139. The van der Waals surface area contributed by atoms with Crippen LogP contribution in [0.2, 0.25) is 0 Å². The van der Waals surface area contributed by atoms with Crippen molar-refractivity contribution in [3.63, 3.8) is 0 Å². The highest BCUT2D eigenvalue weighted by atomic mass is 16.5. The van der Waals surface area contributed by atoms with Gasteiger partial charge in [0.15, 0.2) is 0 Å². The van der Waals surface area contributed by atoms with E-state index in [1.807, 2.05) is 0 Å². The van der Waals surface area contributed by atoms with E-state index >= 15 is 0 Å². The minimum atomic E-state index is -0.242. The molecule has 0 saturated carbocycles. The number of ether oxygens (including phenoxy) is 1. The van der Waals surface area contributed by atoms with Crippen molar-refractivity contribution in [2.75, 3.05) is 6.61 Å². The highest BCUT2D eigenvalue weighted by Gasteiger charge is 2.27. The normalized spacial score (nSPS) is 10.7.